The standard InChI is InChI=1S/C22H21ClN6O2S/c1-12-9-31-7-6-29(12)22(30)18-17-14(4-3-5-15(17)23)8-16(28-18)13(2)27-20-19-21(25-10-24-20)32-11-26-19/h3-5,8,10-13H,6-7,9H2,1-2H3,(H,24,25,27)/t12-,13-/m0/s1. The molecular weight excluding hydrogens is 448 g/mol. The number of fused-ring (bicyclic) bond motifs is 2. The van der Waals surface area contributed by atoms with Crippen LogP contribution in [0.3, 0.4) is 0 Å². The summed E-state index contributed by atoms with van der Waals surface area (Å²) in [4.78, 5) is 33.9. The maximum atomic E-state index is 13.5. The SMILES string of the molecule is C[C@H](Nc1ncnc2scnc12)c1cc2cccc(Cl)c2c(C(=O)N2CCOC[C@@H]2C)n1. The second-order valence-corrected chi connectivity index (χ2v) is 8.99. The number of benzene rings is 1. The molecule has 4 aromatic rings. The van der Waals surface area contributed by atoms with Crippen LogP contribution in [0, 0.1) is 0 Å². The summed E-state index contributed by atoms with van der Waals surface area (Å²) in [5.41, 5.74) is 3.52. The second kappa shape index (κ2) is 8.57. The van der Waals surface area contributed by atoms with E-state index in [-0.39, 0.29) is 18.0 Å². The van der Waals surface area contributed by atoms with Gasteiger partial charge < -0.3 is 15.0 Å². The Morgan fingerprint density at radius 3 is 3.06 bits per heavy atom. The van der Waals surface area contributed by atoms with Crippen molar-refractivity contribution in [3.8, 4) is 0 Å². The first-order valence-corrected chi connectivity index (χ1v) is 11.6. The van der Waals surface area contributed by atoms with E-state index in [1.54, 1.807) is 16.5 Å². The summed E-state index contributed by atoms with van der Waals surface area (Å²) in [6, 6.07) is 7.30. The summed E-state index contributed by atoms with van der Waals surface area (Å²) >= 11 is 7.98. The average molecular weight is 469 g/mol. The number of amides is 1. The van der Waals surface area contributed by atoms with Crippen LogP contribution in [0.1, 0.15) is 36.1 Å². The van der Waals surface area contributed by atoms with E-state index in [0.717, 1.165) is 10.2 Å². The lowest BCUT2D eigenvalue weighted by Gasteiger charge is -2.33. The lowest BCUT2D eigenvalue weighted by molar-refractivity contribution is 0.00338. The van der Waals surface area contributed by atoms with E-state index >= 15 is 0 Å². The number of carbonyl (C=O) groups is 1. The van der Waals surface area contributed by atoms with E-state index in [4.69, 9.17) is 21.3 Å². The highest BCUT2D eigenvalue weighted by atomic mass is 35.5. The van der Waals surface area contributed by atoms with Crippen molar-refractivity contribution in [3.05, 3.63) is 52.5 Å². The van der Waals surface area contributed by atoms with Crippen LogP contribution in [-0.2, 0) is 4.74 Å². The topological polar surface area (TPSA) is 93.1 Å². The minimum absolute atomic E-state index is 0.0336. The summed E-state index contributed by atoms with van der Waals surface area (Å²) in [6.07, 6.45) is 1.51. The quantitative estimate of drug-likeness (QED) is 0.476. The fourth-order valence-corrected chi connectivity index (χ4v) is 4.81. The van der Waals surface area contributed by atoms with Crippen LogP contribution in [0.25, 0.3) is 21.1 Å². The number of rotatable bonds is 4. The number of aromatic nitrogens is 4. The molecule has 0 spiro atoms. The monoisotopic (exact) mass is 468 g/mol. The minimum Gasteiger partial charge on any atom is -0.377 e. The van der Waals surface area contributed by atoms with E-state index in [0.29, 0.717) is 52.9 Å². The van der Waals surface area contributed by atoms with Gasteiger partial charge in [0, 0.05) is 11.9 Å². The van der Waals surface area contributed by atoms with Gasteiger partial charge in [-0.05, 0) is 31.4 Å². The Kier molecular flexibility index (Phi) is 5.62. The van der Waals surface area contributed by atoms with Gasteiger partial charge in [0.1, 0.15) is 22.4 Å². The number of anilines is 1. The molecule has 8 nitrogen and oxygen atoms in total. The molecule has 1 amide bonds. The molecule has 32 heavy (non-hydrogen) atoms. The Balaban J connectivity index is 1.56. The molecule has 4 heterocycles. The van der Waals surface area contributed by atoms with Gasteiger partial charge in [0.05, 0.1) is 41.5 Å². The maximum Gasteiger partial charge on any atom is 0.273 e. The van der Waals surface area contributed by atoms with Crippen molar-refractivity contribution in [2.24, 2.45) is 0 Å². The van der Waals surface area contributed by atoms with Gasteiger partial charge in [-0.25, -0.2) is 19.9 Å². The predicted molar refractivity (Wildman–Crippen MR) is 125 cm³/mol. The number of morpholine rings is 1. The molecule has 164 valence electrons. The maximum absolute atomic E-state index is 13.5. The van der Waals surface area contributed by atoms with E-state index in [9.17, 15) is 4.79 Å². The Morgan fingerprint density at radius 2 is 2.22 bits per heavy atom. The highest BCUT2D eigenvalue weighted by molar-refractivity contribution is 7.16. The number of nitrogens with one attached hydrogen (secondary N) is 1. The molecule has 5 rings (SSSR count). The minimum atomic E-state index is -0.230. The van der Waals surface area contributed by atoms with Gasteiger partial charge in [-0.3, -0.25) is 4.79 Å². The summed E-state index contributed by atoms with van der Waals surface area (Å²) in [7, 11) is 0. The third kappa shape index (κ3) is 3.76. The fourth-order valence-electron chi connectivity index (χ4n) is 3.91. The Bertz CT molecular complexity index is 1310. The van der Waals surface area contributed by atoms with Crippen LogP contribution < -0.4 is 5.32 Å². The lowest BCUT2D eigenvalue weighted by Crippen LogP contribution is -2.47. The first-order chi connectivity index (χ1) is 15.5. The smallest absolute Gasteiger partial charge is 0.273 e. The van der Waals surface area contributed by atoms with Crippen molar-refractivity contribution in [3.63, 3.8) is 0 Å². The molecule has 0 radical (unpaired) electrons. The molecule has 1 aromatic carbocycles. The van der Waals surface area contributed by atoms with Crippen molar-refractivity contribution >= 4 is 55.8 Å². The van der Waals surface area contributed by atoms with Gasteiger partial charge >= 0.3 is 0 Å². The third-order valence-electron chi connectivity index (χ3n) is 5.59. The molecule has 1 fully saturated rings. The van der Waals surface area contributed by atoms with Crippen LogP contribution >= 0.6 is 22.9 Å². The van der Waals surface area contributed by atoms with Gasteiger partial charge in [0.15, 0.2) is 5.82 Å². The zero-order valence-electron chi connectivity index (χ0n) is 17.6. The normalized spacial score (nSPS) is 17.6. The van der Waals surface area contributed by atoms with Crippen LogP contribution in [0.2, 0.25) is 5.02 Å². The molecule has 1 aliphatic rings. The average Bonchev–Trinajstić information content (AvgIpc) is 3.28. The van der Waals surface area contributed by atoms with Gasteiger partial charge in [-0.2, -0.15) is 0 Å². The van der Waals surface area contributed by atoms with Crippen molar-refractivity contribution in [2.75, 3.05) is 25.1 Å². The molecule has 0 bridgehead atoms. The van der Waals surface area contributed by atoms with Crippen molar-refractivity contribution < 1.29 is 9.53 Å². The number of hydrogen-bond acceptors (Lipinski definition) is 8. The highest BCUT2D eigenvalue weighted by Crippen LogP contribution is 2.31. The lowest BCUT2D eigenvalue weighted by atomic mass is 10.0. The van der Waals surface area contributed by atoms with E-state index in [1.165, 1.54) is 17.7 Å². The number of hydrogen-bond donors (Lipinski definition) is 1. The summed E-state index contributed by atoms with van der Waals surface area (Å²) in [5.74, 6) is 0.489. The first kappa shape index (κ1) is 21.0. The molecule has 1 aliphatic heterocycles. The number of nitrogens with zero attached hydrogens (tertiary/aromatic N) is 5. The van der Waals surface area contributed by atoms with Crippen LogP contribution in [-0.4, -0.2) is 56.5 Å². The van der Waals surface area contributed by atoms with E-state index in [1.807, 2.05) is 32.0 Å². The Morgan fingerprint density at radius 1 is 1.34 bits per heavy atom. The van der Waals surface area contributed by atoms with Crippen molar-refractivity contribution in [1.29, 1.82) is 0 Å². The van der Waals surface area contributed by atoms with Crippen molar-refractivity contribution in [1.82, 2.24) is 24.8 Å². The number of ether oxygens (including phenoxy) is 1. The molecule has 3 aromatic heterocycles. The molecular formula is C22H21ClN6O2S. The Labute approximate surface area is 193 Å². The number of carbonyl (C=O) groups excluding carboxylic acids is 1. The van der Waals surface area contributed by atoms with Crippen LogP contribution in [0.5, 0.6) is 0 Å². The largest absolute Gasteiger partial charge is 0.377 e. The number of thiazole rings is 1. The third-order valence-corrected chi connectivity index (χ3v) is 6.64. The van der Waals surface area contributed by atoms with E-state index < -0.39 is 0 Å². The number of pyridine rings is 1. The molecule has 0 saturated carbocycles. The van der Waals surface area contributed by atoms with Crippen LogP contribution in [0.15, 0.2) is 36.1 Å². The number of halogens is 1. The Hall–Kier alpha value is -2.88. The summed E-state index contributed by atoms with van der Waals surface area (Å²) in [5, 5.41) is 5.41. The molecule has 0 aliphatic carbocycles. The predicted octanol–water partition coefficient (Wildman–Crippen LogP) is 4.32. The van der Waals surface area contributed by atoms with Gasteiger partial charge in [-0.15, -0.1) is 11.3 Å². The molecule has 2 atom stereocenters. The second-order valence-electron chi connectivity index (χ2n) is 7.75. The molecule has 10 heteroatoms. The highest BCUT2D eigenvalue weighted by Gasteiger charge is 2.28. The fraction of sp³-hybridized carbons (Fsp3) is 0.318. The van der Waals surface area contributed by atoms with Gasteiger partial charge in [-0.1, -0.05) is 23.7 Å². The zero-order valence-corrected chi connectivity index (χ0v) is 19.2. The summed E-state index contributed by atoms with van der Waals surface area (Å²) < 4.78 is 5.50. The van der Waals surface area contributed by atoms with Crippen LogP contribution in [0.4, 0.5) is 5.82 Å². The van der Waals surface area contributed by atoms with Gasteiger partial charge in [0.25, 0.3) is 5.91 Å². The summed E-state index contributed by atoms with van der Waals surface area (Å²) in [6.45, 7) is 5.49. The molecule has 0 unspecified atom stereocenters. The zero-order chi connectivity index (χ0) is 22.2. The van der Waals surface area contributed by atoms with Gasteiger partial charge in [0.2, 0.25) is 0 Å². The molecule has 1 N–H and O–H groups in total. The van der Waals surface area contributed by atoms with Crippen molar-refractivity contribution in [2.45, 2.75) is 25.9 Å². The molecule has 1 saturated heterocycles. The first-order valence-electron chi connectivity index (χ1n) is 10.3. The van der Waals surface area contributed by atoms with E-state index in [2.05, 4.69) is 20.3 Å².